The predicted molar refractivity (Wildman–Crippen MR) is 121 cm³/mol. The maximum atomic E-state index is 12.4. The number of ether oxygens (including phenoxy) is 1. The van der Waals surface area contributed by atoms with E-state index in [4.69, 9.17) is 0 Å². The fourth-order valence-corrected chi connectivity index (χ4v) is 3.74. The molecule has 11 heteroatoms. The molecule has 0 aliphatic rings. The molecule has 172 valence electrons. The molecule has 34 heavy (non-hydrogen) atoms. The maximum absolute atomic E-state index is 12.4. The summed E-state index contributed by atoms with van der Waals surface area (Å²) in [4.78, 5) is 8.98. The second-order valence-corrected chi connectivity index (χ2v) is 7.35. The van der Waals surface area contributed by atoms with Crippen LogP contribution < -0.4 is 10.1 Å². The molecule has 3 N–H and O–H groups in total. The van der Waals surface area contributed by atoms with Crippen LogP contribution in [0.15, 0.2) is 73.1 Å². The Morgan fingerprint density at radius 2 is 1.82 bits per heavy atom. The molecule has 9 nitrogen and oxygen atoms in total. The molecule has 5 aromatic rings. The zero-order valence-electron chi connectivity index (χ0n) is 17.6. The Kier molecular flexibility index (Phi) is 5.83. The van der Waals surface area contributed by atoms with Gasteiger partial charge in [-0.25, -0.2) is 19.7 Å². The number of aliphatic hydroxyl groups excluding tert-OH is 1. The van der Waals surface area contributed by atoms with Gasteiger partial charge in [-0.1, -0.05) is 48.5 Å². The molecule has 0 fully saturated rings. The van der Waals surface area contributed by atoms with Gasteiger partial charge in [-0.05, 0) is 17.2 Å². The first-order valence-corrected chi connectivity index (χ1v) is 10.4. The molecule has 0 bridgehead atoms. The summed E-state index contributed by atoms with van der Waals surface area (Å²) in [5, 5.41) is 23.8. The number of nitrogens with zero attached hydrogens (tertiary/aromatic N) is 5. The second kappa shape index (κ2) is 9.24. The number of aliphatic hydroxyl groups is 1. The average Bonchev–Trinajstić information content (AvgIpc) is 3.47. The van der Waals surface area contributed by atoms with Gasteiger partial charge >= 0.3 is 6.61 Å². The summed E-state index contributed by atoms with van der Waals surface area (Å²) in [6, 6.07) is 18.7. The van der Waals surface area contributed by atoms with Crippen LogP contribution in [0.4, 0.5) is 20.4 Å². The number of para-hydroxylation sites is 1. The summed E-state index contributed by atoms with van der Waals surface area (Å²) in [6.45, 7) is -3.04. The minimum Gasteiger partial charge on any atom is -0.417 e. The molecule has 3 heterocycles. The largest absolute Gasteiger partial charge is 0.417 e. The molecule has 3 aromatic heterocycles. The minimum absolute atomic E-state index is 0.0824. The molecular formula is C23H19F2N7O2. The van der Waals surface area contributed by atoms with Gasteiger partial charge in [0.25, 0.3) is 0 Å². The zero-order valence-corrected chi connectivity index (χ0v) is 17.6. The number of halogens is 2. The van der Waals surface area contributed by atoms with Gasteiger partial charge in [0.15, 0.2) is 17.3 Å². The van der Waals surface area contributed by atoms with Gasteiger partial charge < -0.3 is 15.2 Å². The fourth-order valence-electron chi connectivity index (χ4n) is 3.74. The highest BCUT2D eigenvalue weighted by Gasteiger charge is 2.20. The Morgan fingerprint density at radius 3 is 2.62 bits per heavy atom. The van der Waals surface area contributed by atoms with Crippen LogP contribution in [0.25, 0.3) is 16.9 Å². The average molecular weight is 463 g/mol. The van der Waals surface area contributed by atoms with Crippen LogP contribution >= 0.6 is 0 Å². The molecule has 2 aromatic carbocycles. The van der Waals surface area contributed by atoms with E-state index >= 15 is 0 Å². The second-order valence-electron chi connectivity index (χ2n) is 7.35. The molecule has 0 aliphatic heterocycles. The van der Waals surface area contributed by atoms with Crippen LogP contribution in [-0.4, -0.2) is 48.3 Å². The molecule has 5 rings (SSSR count). The third-order valence-electron chi connectivity index (χ3n) is 5.23. The summed E-state index contributed by atoms with van der Waals surface area (Å²) in [5.41, 5.74) is 3.63. The maximum Gasteiger partial charge on any atom is 0.388 e. The Balaban J connectivity index is 1.51. The van der Waals surface area contributed by atoms with Gasteiger partial charge in [0.2, 0.25) is 5.88 Å². The number of nitrogens with one attached hydrogen (secondary N) is 2. The Bertz CT molecular complexity index is 1410. The van der Waals surface area contributed by atoms with Crippen molar-refractivity contribution in [2.45, 2.75) is 12.5 Å². The van der Waals surface area contributed by atoms with E-state index in [2.05, 4.69) is 35.3 Å². The lowest BCUT2D eigenvalue weighted by Crippen LogP contribution is -2.11. The number of aromatic nitrogens is 6. The molecule has 0 amide bonds. The number of rotatable bonds is 8. The smallest absolute Gasteiger partial charge is 0.388 e. The quantitative estimate of drug-likeness (QED) is 0.319. The van der Waals surface area contributed by atoms with Crippen molar-refractivity contribution in [1.82, 2.24) is 29.9 Å². The highest BCUT2D eigenvalue weighted by Crippen LogP contribution is 2.30. The van der Waals surface area contributed by atoms with E-state index < -0.39 is 6.61 Å². The van der Waals surface area contributed by atoms with Gasteiger partial charge in [0, 0.05) is 12.0 Å². The lowest BCUT2D eigenvalue weighted by atomic mass is 9.91. The number of H-pyrrole nitrogens is 1. The van der Waals surface area contributed by atoms with E-state index in [1.165, 1.54) is 12.3 Å². The number of anilines is 2. The topological polar surface area (TPSA) is 114 Å². The number of fused-ring (bicyclic) bond motifs is 1. The molecule has 0 aliphatic carbocycles. The van der Waals surface area contributed by atoms with Gasteiger partial charge in [-0.3, -0.25) is 0 Å². The zero-order chi connectivity index (χ0) is 23.5. The van der Waals surface area contributed by atoms with Gasteiger partial charge in [0.1, 0.15) is 5.52 Å². The van der Waals surface area contributed by atoms with Crippen molar-refractivity contribution in [2.24, 2.45) is 0 Å². The summed E-state index contributed by atoms with van der Waals surface area (Å²) < 4.78 is 30.7. The number of aromatic amines is 1. The first kappa shape index (κ1) is 21.5. The van der Waals surface area contributed by atoms with Crippen molar-refractivity contribution in [3.8, 4) is 11.6 Å². The van der Waals surface area contributed by atoms with Crippen molar-refractivity contribution in [3.05, 3.63) is 84.2 Å². The predicted octanol–water partition coefficient (Wildman–Crippen LogP) is 4.01. The molecule has 1 unspecified atom stereocenters. The molecule has 0 saturated carbocycles. The highest BCUT2D eigenvalue weighted by molar-refractivity contribution is 5.74. The minimum atomic E-state index is -2.96. The molecule has 0 spiro atoms. The molecule has 1 atom stereocenters. The van der Waals surface area contributed by atoms with Crippen molar-refractivity contribution in [1.29, 1.82) is 0 Å². The lowest BCUT2D eigenvalue weighted by molar-refractivity contribution is -0.0528. The van der Waals surface area contributed by atoms with Crippen LogP contribution in [0.5, 0.6) is 5.88 Å². The van der Waals surface area contributed by atoms with E-state index in [-0.39, 0.29) is 24.2 Å². The standard InChI is InChI=1S/C23H19F2N7O2/c24-23(25)34-21-10-19(30-31-21)28-20-12-26-17-11-27-32(22(17)29-20)18-9-5-4-8-15(18)16(13-33)14-6-2-1-3-7-14/h1-12,16,23,33H,13H2,(H2,28,29,30,31). The fraction of sp³-hybridized carbons (Fsp3) is 0.130. The third-order valence-corrected chi connectivity index (χ3v) is 5.23. The van der Waals surface area contributed by atoms with Crippen LogP contribution in [0.1, 0.15) is 17.0 Å². The van der Waals surface area contributed by atoms with Crippen LogP contribution in [0.3, 0.4) is 0 Å². The van der Waals surface area contributed by atoms with Crippen LogP contribution in [0, 0.1) is 0 Å². The van der Waals surface area contributed by atoms with E-state index in [0.29, 0.717) is 17.0 Å². The SMILES string of the molecule is OCC(c1ccccc1)c1ccccc1-n1ncc2ncc(Nc3cc(OC(F)F)[nH]n3)nc21. The molecule has 0 radical (unpaired) electrons. The van der Waals surface area contributed by atoms with Crippen LogP contribution in [-0.2, 0) is 0 Å². The van der Waals surface area contributed by atoms with Crippen molar-refractivity contribution in [3.63, 3.8) is 0 Å². The first-order chi connectivity index (χ1) is 16.6. The van der Waals surface area contributed by atoms with Gasteiger partial charge in [0.05, 0.1) is 24.7 Å². The van der Waals surface area contributed by atoms with Crippen molar-refractivity contribution < 1.29 is 18.6 Å². The van der Waals surface area contributed by atoms with Gasteiger partial charge in [-0.2, -0.15) is 19.0 Å². The Labute approximate surface area is 192 Å². The number of hydrogen-bond acceptors (Lipinski definition) is 7. The number of alkyl halides is 2. The van der Waals surface area contributed by atoms with Crippen molar-refractivity contribution in [2.75, 3.05) is 11.9 Å². The Morgan fingerprint density at radius 1 is 1.03 bits per heavy atom. The normalized spacial score (nSPS) is 12.2. The summed E-state index contributed by atoms with van der Waals surface area (Å²) in [7, 11) is 0. The molecular weight excluding hydrogens is 444 g/mol. The van der Waals surface area contributed by atoms with E-state index in [0.717, 1.165) is 16.8 Å². The Hall–Kier alpha value is -4.38. The lowest BCUT2D eigenvalue weighted by Gasteiger charge is -2.19. The monoisotopic (exact) mass is 463 g/mol. The third kappa shape index (κ3) is 4.28. The van der Waals surface area contributed by atoms with E-state index in [1.54, 1.807) is 10.9 Å². The summed E-state index contributed by atoms with van der Waals surface area (Å²) in [5.74, 6) is 0.133. The van der Waals surface area contributed by atoms with E-state index in [9.17, 15) is 13.9 Å². The number of benzene rings is 2. The highest BCUT2D eigenvalue weighted by atomic mass is 19.3. The van der Waals surface area contributed by atoms with E-state index in [1.807, 2.05) is 54.6 Å². The molecule has 0 saturated heterocycles. The van der Waals surface area contributed by atoms with Gasteiger partial charge in [-0.15, -0.1) is 0 Å². The number of hydrogen-bond donors (Lipinski definition) is 3. The van der Waals surface area contributed by atoms with Crippen LogP contribution in [0.2, 0.25) is 0 Å². The van der Waals surface area contributed by atoms with Crippen molar-refractivity contribution >= 4 is 22.8 Å². The summed E-state index contributed by atoms with van der Waals surface area (Å²) >= 11 is 0. The first-order valence-electron chi connectivity index (χ1n) is 10.4. The summed E-state index contributed by atoms with van der Waals surface area (Å²) in [6.07, 6.45) is 3.09.